The van der Waals surface area contributed by atoms with Crippen LogP contribution in [-0.4, -0.2) is 35.8 Å². The zero-order valence-corrected chi connectivity index (χ0v) is 11.9. The minimum atomic E-state index is -4.24. The summed E-state index contributed by atoms with van der Waals surface area (Å²) in [6, 6.07) is -0.354. The van der Waals surface area contributed by atoms with E-state index in [4.69, 9.17) is 14.4 Å². The first-order chi connectivity index (χ1) is 10.1. The third-order valence-electron chi connectivity index (χ3n) is 2.55. The highest BCUT2D eigenvalue weighted by Gasteiger charge is 2.30. The van der Waals surface area contributed by atoms with E-state index in [1.807, 2.05) is 0 Å². The molecular formula is C11H11F5O5Si. The highest BCUT2D eigenvalue weighted by atomic mass is 28.4. The molecule has 0 saturated carbocycles. The highest BCUT2D eigenvalue weighted by Crippen LogP contribution is 2.23. The van der Waals surface area contributed by atoms with Crippen LogP contribution in [0.3, 0.4) is 0 Å². The van der Waals surface area contributed by atoms with Gasteiger partial charge in [-0.05, 0) is 12.8 Å². The van der Waals surface area contributed by atoms with Crippen molar-refractivity contribution < 1.29 is 45.9 Å². The number of ether oxygens (including phenoxy) is 1. The second-order valence-electron chi connectivity index (χ2n) is 4.31. The summed E-state index contributed by atoms with van der Waals surface area (Å²) in [5.41, 5.74) is -1.70. The molecule has 124 valence electrons. The molecule has 0 aliphatic carbocycles. The minimum absolute atomic E-state index is 0.0140. The lowest BCUT2D eigenvalue weighted by molar-refractivity contribution is 0.0484. The molecule has 0 fully saturated rings. The molecule has 0 radical (unpaired) electrons. The molecule has 0 atom stereocenters. The summed E-state index contributed by atoms with van der Waals surface area (Å²) in [5, 5.41) is 0. The molecule has 11 heteroatoms. The van der Waals surface area contributed by atoms with Gasteiger partial charge >= 0.3 is 14.8 Å². The number of hydrogen-bond donors (Lipinski definition) is 3. The summed E-state index contributed by atoms with van der Waals surface area (Å²) in [5.74, 6) is -13.2. The summed E-state index contributed by atoms with van der Waals surface area (Å²) < 4.78 is 69.4. The van der Waals surface area contributed by atoms with Crippen molar-refractivity contribution in [1.29, 1.82) is 0 Å². The average Bonchev–Trinajstić information content (AvgIpc) is 2.41. The Morgan fingerprint density at radius 1 is 0.864 bits per heavy atom. The molecule has 0 bridgehead atoms. The predicted octanol–water partition coefficient (Wildman–Crippen LogP) is 1.23. The minimum Gasteiger partial charge on any atom is -0.462 e. The lowest BCUT2D eigenvalue weighted by Gasteiger charge is -2.10. The van der Waals surface area contributed by atoms with Crippen molar-refractivity contribution in [2.24, 2.45) is 0 Å². The molecule has 0 aromatic heterocycles. The largest absolute Gasteiger partial charge is 0.492 e. The standard InChI is InChI=1S/C11H11F5O5Si/c12-6-5(7(13)9(15)10(16)8(6)14)11(17)21-3-1-2-4-22(18,19)20/h18-20H,1-4H2. The number of rotatable bonds is 6. The van der Waals surface area contributed by atoms with Crippen LogP contribution in [-0.2, 0) is 4.74 Å². The molecular weight excluding hydrogens is 335 g/mol. The van der Waals surface area contributed by atoms with Gasteiger partial charge in [0.1, 0.15) is 5.56 Å². The van der Waals surface area contributed by atoms with Gasteiger partial charge in [0, 0.05) is 6.04 Å². The van der Waals surface area contributed by atoms with Gasteiger partial charge in [-0.1, -0.05) is 0 Å². The van der Waals surface area contributed by atoms with Gasteiger partial charge in [-0.2, -0.15) is 0 Å². The Morgan fingerprint density at radius 2 is 1.32 bits per heavy atom. The highest BCUT2D eigenvalue weighted by molar-refractivity contribution is 6.56. The topological polar surface area (TPSA) is 87.0 Å². The smallest absolute Gasteiger partial charge is 0.462 e. The molecule has 1 rings (SSSR count). The van der Waals surface area contributed by atoms with E-state index in [2.05, 4.69) is 4.74 Å². The van der Waals surface area contributed by atoms with Crippen LogP contribution >= 0.6 is 0 Å². The summed E-state index contributed by atoms with van der Waals surface area (Å²) in [4.78, 5) is 37.4. The molecule has 0 spiro atoms. The fourth-order valence-corrected chi connectivity index (χ4v) is 2.21. The van der Waals surface area contributed by atoms with Gasteiger partial charge in [-0.15, -0.1) is 0 Å². The van der Waals surface area contributed by atoms with Gasteiger partial charge in [0.2, 0.25) is 5.82 Å². The molecule has 0 unspecified atom stereocenters. The number of unbranched alkanes of at least 4 members (excludes halogenated alkanes) is 1. The molecule has 0 aliphatic rings. The molecule has 5 nitrogen and oxygen atoms in total. The molecule has 1 aromatic carbocycles. The number of benzene rings is 1. The maximum atomic E-state index is 13.3. The molecule has 1 aromatic rings. The van der Waals surface area contributed by atoms with Crippen LogP contribution in [0.5, 0.6) is 0 Å². The van der Waals surface area contributed by atoms with E-state index in [-0.39, 0.29) is 18.9 Å². The quantitative estimate of drug-likeness (QED) is 0.180. The summed E-state index contributed by atoms with van der Waals surface area (Å²) in [6.07, 6.45) is -0.00231. The van der Waals surface area contributed by atoms with Crippen molar-refractivity contribution in [3.63, 3.8) is 0 Å². The lowest BCUT2D eigenvalue weighted by atomic mass is 10.1. The summed E-state index contributed by atoms with van der Waals surface area (Å²) in [7, 11) is -4.24. The maximum absolute atomic E-state index is 13.3. The Bertz CT molecular complexity index is 546. The Balaban J connectivity index is 2.71. The number of carbonyl (C=O) groups is 1. The van der Waals surface area contributed by atoms with Gasteiger partial charge in [-0.3, -0.25) is 0 Å². The van der Waals surface area contributed by atoms with Gasteiger partial charge in [0.15, 0.2) is 23.3 Å². The monoisotopic (exact) mass is 346 g/mol. The maximum Gasteiger partial charge on any atom is 0.492 e. The Labute approximate surface area is 121 Å². The molecule has 0 heterocycles. The summed E-state index contributed by atoms with van der Waals surface area (Å²) in [6.45, 7) is -0.469. The van der Waals surface area contributed by atoms with Crippen molar-refractivity contribution in [2.45, 2.75) is 18.9 Å². The number of halogens is 5. The van der Waals surface area contributed by atoms with Crippen LogP contribution in [0.1, 0.15) is 23.2 Å². The van der Waals surface area contributed by atoms with E-state index in [1.54, 1.807) is 0 Å². The normalized spacial score (nSPS) is 11.6. The lowest BCUT2D eigenvalue weighted by Crippen LogP contribution is -2.34. The Kier molecular flexibility index (Phi) is 5.99. The van der Waals surface area contributed by atoms with Crippen LogP contribution in [0.2, 0.25) is 6.04 Å². The SMILES string of the molecule is O=C(OCCCC[Si](O)(O)O)c1c(F)c(F)c(F)c(F)c1F. The first-order valence-corrected chi connectivity index (χ1v) is 7.96. The fraction of sp³-hybridized carbons (Fsp3) is 0.364. The number of carbonyl (C=O) groups excluding carboxylic acids is 1. The van der Waals surface area contributed by atoms with Crippen molar-refractivity contribution >= 4 is 14.8 Å². The van der Waals surface area contributed by atoms with Crippen molar-refractivity contribution in [3.8, 4) is 0 Å². The van der Waals surface area contributed by atoms with Crippen molar-refractivity contribution in [3.05, 3.63) is 34.6 Å². The van der Waals surface area contributed by atoms with Crippen LogP contribution in [0, 0.1) is 29.1 Å². The Hall–Kier alpha value is -1.56. The Morgan fingerprint density at radius 3 is 1.77 bits per heavy atom. The van der Waals surface area contributed by atoms with Gasteiger partial charge in [0.25, 0.3) is 0 Å². The van der Waals surface area contributed by atoms with E-state index in [0.29, 0.717) is 0 Å². The average molecular weight is 346 g/mol. The first-order valence-electron chi connectivity index (χ1n) is 5.92. The second kappa shape index (κ2) is 7.13. The van der Waals surface area contributed by atoms with Crippen LogP contribution in [0.4, 0.5) is 22.0 Å². The zero-order chi connectivity index (χ0) is 17.1. The third-order valence-corrected chi connectivity index (χ3v) is 3.58. The molecule has 0 saturated heterocycles. The van der Waals surface area contributed by atoms with E-state index in [1.165, 1.54) is 0 Å². The summed E-state index contributed by atoms with van der Waals surface area (Å²) >= 11 is 0. The van der Waals surface area contributed by atoms with Crippen molar-refractivity contribution in [1.82, 2.24) is 0 Å². The van der Waals surface area contributed by atoms with Crippen LogP contribution in [0.25, 0.3) is 0 Å². The van der Waals surface area contributed by atoms with Crippen LogP contribution < -0.4 is 0 Å². The molecule has 0 amide bonds. The zero-order valence-electron chi connectivity index (χ0n) is 10.9. The second-order valence-corrected chi connectivity index (χ2v) is 6.36. The van der Waals surface area contributed by atoms with E-state index >= 15 is 0 Å². The van der Waals surface area contributed by atoms with Gasteiger partial charge in [0.05, 0.1) is 6.61 Å². The predicted molar refractivity (Wildman–Crippen MR) is 63.0 cm³/mol. The first kappa shape index (κ1) is 18.5. The number of esters is 1. The number of hydrogen-bond acceptors (Lipinski definition) is 5. The third kappa shape index (κ3) is 4.46. The van der Waals surface area contributed by atoms with E-state index in [9.17, 15) is 26.7 Å². The van der Waals surface area contributed by atoms with E-state index in [0.717, 1.165) is 0 Å². The van der Waals surface area contributed by atoms with Gasteiger partial charge in [-0.25, -0.2) is 26.7 Å². The van der Waals surface area contributed by atoms with E-state index < -0.39 is 56.0 Å². The van der Waals surface area contributed by atoms with Crippen molar-refractivity contribution in [2.75, 3.05) is 6.61 Å². The van der Waals surface area contributed by atoms with Gasteiger partial charge < -0.3 is 19.1 Å². The molecule has 3 N–H and O–H groups in total. The molecule has 22 heavy (non-hydrogen) atoms. The fourth-order valence-electron chi connectivity index (χ4n) is 1.49. The molecule has 0 aliphatic heterocycles. The van der Waals surface area contributed by atoms with Crippen LogP contribution in [0.15, 0.2) is 0 Å².